The molecule has 1 aliphatic heterocycles. The Morgan fingerprint density at radius 2 is 1.73 bits per heavy atom. The Kier molecular flexibility index (Phi) is 8.48. The summed E-state index contributed by atoms with van der Waals surface area (Å²) in [5.74, 6) is 0.596. The molecule has 33 heavy (non-hydrogen) atoms. The van der Waals surface area contributed by atoms with Gasteiger partial charge in [0.2, 0.25) is 10.0 Å². The van der Waals surface area contributed by atoms with Crippen molar-refractivity contribution in [3.05, 3.63) is 53.6 Å². The Labute approximate surface area is 202 Å². The zero-order chi connectivity index (χ0) is 24.1. The van der Waals surface area contributed by atoms with Gasteiger partial charge in [0, 0.05) is 24.5 Å². The molecule has 1 heterocycles. The predicted molar refractivity (Wildman–Crippen MR) is 134 cm³/mol. The highest BCUT2D eigenvalue weighted by Gasteiger charge is 2.23. The number of hydrogen-bond donors (Lipinski definition) is 1. The van der Waals surface area contributed by atoms with E-state index < -0.39 is 10.0 Å². The zero-order valence-corrected chi connectivity index (χ0v) is 21.5. The van der Waals surface area contributed by atoms with Crippen LogP contribution in [-0.2, 0) is 15.4 Å². The third-order valence-corrected chi connectivity index (χ3v) is 7.99. The minimum absolute atomic E-state index is 0.0637. The van der Waals surface area contributed by atoms with E-state index in [1.165, 1.54) is 23.4 Å². The molecule has 1 amide bonds. The maximum atomic E-state index is 13.0. The van der Waals surface area contributed by atoms with Gasteiger partial charge in [0.15, 0.2) is 0 Å². The number of carbonyl (C=O) groups excluding carboxylic acids is 1. The van der Waals surface area contributed by atoms with Crippen LogP contribution in [0.1, 0.15) is 56.0 Å². The molecule has 0 atom stereocenters. The van der Waals surface area contributed by atoms with Crippen LogP contribution in [-0.4, -0.2) is 51.7 Å². The molecule has 0 saturated carbocycles. The summed E-state index contributed by atoms with van der Waals surface area (Å²) in [6.45, 7) is 8.21. The van der Waals surface area contributed by atoms with E-state index in [-0.39, 0.29) is 29.4 Å². The molecule has 1 fully saturated rings. The first-order valence-electron chi connectivity index (χ1n) is 11.3. The van der Waals surface area contributed by atoms with Crippen LogP contribution >= 0.6 is 11.8 Å². The molecule has 6 nitrogen and oxygen atoms in total. The number of hydrogen-bond acceptors (Lipinski definition) is 5. The fourth-order valence-corrected chi connectivity index (χ4v) is 5.38. The molecular weight excluding hydrogens is 456 g/mol. The Hall–Kier alpha value is -2.03. The Morgan fingerprint density at radius 3 is 2.33 bits per heavy atom. The van der Waals surface area contributed by atoms with Crippen molar-refractivity contribution in [1.82, 2.24) is 9.62 Å². The van der Waals surface area contributed by atoms with Gasteiger partial charge in [0.25, 0.3) is 5.91 Å². The number of thioether (sulfide) groups is 1. The molecule has 180 valence electrons. The lowest BCUT2D eigenvalue weighted by atomic mass is 9.87. The molecule has 0 aliphatic carbocycles. The number of amides is 1. The van der Waals surface area contributed by atoms with Crippen molar-refractivity contribution in [3.8, 4) is 5.75 Å². The number of ether oxygens (including phenoxy) is 1. The molecule has 1 saturated heterocycles. The summed E-state index contributed by atoms with van der Waals surface area (Å²) in [6, 6.07) is 12.6. The summed E-state index contributed by atoms with van der Waals surface area (Å²) >= 11 is 1.45. The highest BCUT2D eigenvalue weighted by atomic mass is 32.2. The van der Waals surface area contributed by atoms with Gasteiger partial charge in [-0.2, -0.15) is 0 Å². The molecule has 0 unspecified atom stereocenters. The van der Waals surface area contributed by atoms with Gasteiger partial charge in [-0.25, -0.2) is 13.1 Å². The van der Waals surface area contributed by atoms with Gasteiger partial charge in [-0.05, 0) is 66.8 Å². The summed E-state index contributed by atoms with van der Waals surface area (Å²) in [5, 5.41) is 0. The molecule has 2 aromatic carbocycles. The molecule has 1 N–H and O–H groups in total. The van der Waals surface area contributed by atoms with Crippen molar-refractivity contribution in [2.24, 2.45) is 0 Å². The first-order chi connectivity index (χ1) is 15.6. The molecule has 3 rings (SSSR count). The number of nitrogens with zero attached hydrogens (tertiary/aromatic N) is 1. The van der Waals surface area contributed by atoms with Gasteiger partial charge in [-0.15, -0.1) is 11.8 Å². The summed E-state index contributed by atoms with van der Waals surface area (Å²) in [7, 11) is -3.76. The smallest absolute Gasteiger partial charge is 0.255 e. The van der Waals surface area contributed by atoms with Crippen molar-refractivity contribution in [3.63, 3.8) is 0 Å². The van der Waals surface area contributed by atoms with Crippen molar-refractivity contribution in [2.45, 2.75) is 55.2 Å². The van der Waals surface area contributed by atoms with Crippen LogP contribution in [0.15, 0.2) is 52.3 Å². The summed E-state index contributed by atoms with van der Waals surface area (Å²) in [5.41, 5.74) is 1.72. The first-order valence-corrected chi connectivity index (χ1v) is 14.0. The zero-order valence-electron chi connectivity index (χ0n) is 19.9. The van der Waals surface area contributed by atoms with Crippen molar-refractivity contribution < 1.29 is 17.9 Å². The third-order valence-electron chi connectivity index (χ3n) is 5.74. The van der Waals surface area contributed by atoms with Crippen LogP contribution in [0.4, 0.5) is 0 Å². The monoisotopic (exact) mass is 490 g/mol. The van der Waals surface area contributed by atoms with E-state index in [0.29, 0.717) is 11.3 Å². The van der Waals surface area contributed by atoms with Crippen LogP contribution in [0.25, 0.3) is 0 Å². The maximum absolute atomic E-state index is 13.0. The lowest BCUT2D eigenvalue weighted by Crippen LogP contribution is -2.36. The van der Waals surface area contributed by atoms with Gasteiger partial charge in [0.1, 0.15) is 12.4 Å². The maximum Gasteiger partial charge on any atom is 0.255 e. The van der Waals surface area contributed by atoms with E-state index in [1.54, 1.807) is 12.1 Å². The highest BCUT2D eigenvalue weighted by Crippen LogP contribution is 2.27. The van der Waals surface area contributed by atoms with Gasteiger partial charge >= 0.3 is 0 Å². The highest BCUT2D eigenvalue weighted by molar-refractivity contribution is 7.98. The number of carbonyl (C=O) groups is 1. The summed E-state index contributed by atoms with van der Waals surface area (Å²) in [4.78, 5) is 15.7. The van der Waals surface area contributed by atoms with Crippen LogP contribution in [0.3, 0.4) is 0 Å². The van der Waals surface area contributed by atoms with Crippen LogP contribution in [0, 0.1) is 0 Å². The number of nitrogens with one attached hydrogen (secondary N) is 1. The van der Waals surface area contributed by atoms with Crippen LogP contribution in [0.5, 0.6) is 5.75 Å². The second-order valence-electron chi connectivity index (χ2n) is 9.24. The molecule has 0 bridgehead atoms. The molecule has 0 aromatic heterocycles. The summed E-state index contributed by atoms with van der Waals surface area (Å²) in [6.07, 6.45) is 4.98. The largest absolute Gasteiger partial charge is 0.492 e. The summed E-state index contributed by atoms with van der Waals surface area (Å²) < 4.78 is 34.0. The number of sulfonamides is 1. The van der Waals surface area contributed by atoms with Crippen molar-refractivity contribution >= 4 is 27.7 Å². The number of piperidine rings is 1. The normalized spacial score (nSPS) is 14.8. The second kappa shape index (κ2) is 10.9. The second-order valence-corrected chi connectivity index (χ2v) is 11.9. The Balaban J connectivity index is 1.63. The fourth-order valence-electron chi connectivity index (χ4n) is 3.77. The molecule has 2 aromatic rings. The van der Waals surface area contributed by atoms with Crippen molar-refractivity contribution in [1.29, 1.82) is 0 Å². The van der Waals surface area contributed by atoms with Crippen LogP contribution < -0.4 is 9.46 Å². The molecule has 0 spiro atoms. The van der Waals surface area contributed by atoms with Gasteiger partial charge < -0.3 is 9.64 Å². The average molecular weight is 491 g/mol. The molecule has 1 aliphatic rings. The first kappa shape index (κ1) is 25.6. The van der Waals surface area contributed by atoms with E-state index in [2.05, 4.69) is 25.5 Å². The third kappa shape index (κ3) is 6.74. The minimum Gasteiger partial charge on any atom is -0.492 e. The van der Waals surface area contributed by atoms with E-state index in [0.717, 1.165) is 37.2 Å². The Bertz CT molecular complexity index is 1050. The Morgan fingerprint density at radius 1 is 1.06 bits per heavy atom. The predicted octanol–water partition coefficient (Wildman–Crippen LogP) is 4.69. The van der Waals surface area contributed by atoms with Gasteiger partial charge in [-0.1, -0.05) is 32.9 Å². The van der Waals surface area contributed by atoms with E-state index >= 15 is 0 Å². The average Bonchev–Trinajstić information content (AvgIpc) is 2.81. The SMILES string of the molecule is CSc1ccc(S(=O)(=O)NCCOc2ccc(C(C)(C)C)cc2)cc1C(=O)N1CCCCC1. The van der Waals surface area contributed by atoms with E-state index in [1.807, 2.05) is 35.4 Å². The van der Waals surface area contributed by atoms with Crippen LogP contribution in [0.2, 0.25) is 0 Å². The van der Waals surface area contributed by atoms with Gasteiger partial charge in [-0.3, -0.25) is 4.79 Å². The van der Waals surface area contributed by atoms with E-state index in [9.17, 15) is 13.2 Å². The lowest BCUT2D eigenvalue weighted by Gasteiger charge is -2.27. The molecule has 0 radical (unpaired) electrons. The number of benzene rings is 2. The number of likely N-dealkylation sites (tertiary alicyclic amines) is 1. The lowest BCUT2D eigenvalue weighted by molar-refractivity contribution is 0.0720. The topological polar surface area (TPSA) is 75.7 Å². The van der Waals surface area contributed by atoms with E-state index in [4.69, 9.17) is 4.74 Å². The molecule has 8 heteroatoms. The minimum atomic E-state index is -3.76. The van der Waals surface area contributed by atoms with Gasteiger partial charge in [0.05, 0.1) is 10.5 Å². The molecular formula is C25H34N2O4S2. The quantitative estimate of drug-likeness (QED) is 0.429. The standard InChI is InChI=1S/C25H34N2O4S2/c1-25(2,3)19-8-10-20(11-9-19)31-17-14-26-33(29,30)21-12-13-23(32-4)22(18-21)24(28)27-15-6-5-7-16-27/h8-13,18,26H,5-7,14-17H2,1-4H3. The van der Waals surface area contributed by atoms with Crippen molar-refractivity contribution in [2.75, 3.05) is 32.5 Å². The fraction of sp³-hybridized carbons (Fsp3) is 0.480. The number of rotatable bonds is 8.